The fraction of sp³-hybridized carbons (Fsp3) is 0.0714. The van der Waals surface area contributed by atoms with Crippen LogP contribution in [0.5, 0.6) is 11.5 Å². The topological polar surface area (TPSA) is 47.1 Å². The Morgan fingerprint density at radius 1 is 1.05 bits per heavy atom. The molecule has 4 nitrogen and oxygen atoms in total. The van der Waals surface area contributed by atoms with Crippen molar-refractivity contribution in [1.82, 2.24) is 9.97 Å². The minimum Gasteiger partial charge on any atom is -0.454 e. The Hall–Kier alpha value is -2.63. The van der Waals surface area contributed by atoms with Crippen LogP contribution in [0.4, 0.5) is 8.78 Å². The molecule has 1 aliphatic rings. The number of halogens is 2. The monoisotopic (exact) mass is 274 g/mol. The summed E-state index contributed by atoms with van der Waals surface area (Å²) >= 11 is 0. The highest BCUT2D eigenvalue weighted by molar-refractivity contribution is 5.80. The van der Waals surface area contributed by atoms with E-state index in [4.69, 9.17) is 9.47 Å². The average molecular weight is 274 g/mol. The molecule has 0 aliphatic carbocycles. The molecule has 0 saturated carbocycles. The summed E-state index contributed by atoms with van der Waals surface area (Å²) in [5.74, 6) is 0.374. The maximum Gasteiger partial charge on any atom is 0.231 e. The first-order valence-corrected chi connectivity index (χ1v) is 5.95. The molecule has 20 heavy (non-hydrogen) atoms. The number of fused-ring (bicyclic) bond motifs is 2. The molecule has 4 rings (SSSR count). The Bertz CT molecular complexity index is 829. The van der Waals surface area contributed by atoms with Crippen LogP contribution < -0.4 is 9.47 Å². The van der Waals surface area contributed by atoms with Gasteiger partial charge in [0.15, 0.2) is 17.3 Å². The Morgan fingerprint density at radius 2 is 1.90 bits per heavy atom. The van der Waals surface area contributed by atoms with Gasteiger partial charge in [-0.3, -0.25) is 0 Å². The molecule has 6 heteroatoms. The first-order chi connectivity index (χ1) is 9.70. The highest BCUT2D eigenvalue weighted by Crippen LogP contribution is 2.35. The van der Waals surface area contributed by atoms with Crippen molar-refractivity contribution in [2.75, 3.05) is 6.79 Å². The zero-order chi connectivity index (χ0) is 13.7. The Kier molecular flexibility index (Phi) is 2.20. The lowest BCUT2D eigenvalue weighted by atomic mass is 10.2. The van der Waals surface area contributed by atoms with Crippen LogP contribution in [0.3, 0.4) is 0 Å². The van der Waals surface area contributed by atoms with E-state index in [-0.39, 0.29) is 12.3 Å². The smallest absolute Gasteiger partial charge is 0.231 e. The zero-order valence-electron chi connectivity index (χ0n) is 10.1. The van der Waals surface area contributed by atoms with Crippen molar-refractivity contribution < 1.29 is 18.3 Å². The number of H-pyrrole nitrogens is 1. The second kappa shape index (κ2) is 3.93. The van der Waals surface area contributed by atoms with E-state index in [9.17, 15) is 8.78 Å². The Morgan fingerprint density at radius 3 is 2.80 bits per heavy atom. The van der Waals surface area contributed by atoms with Crippen LogP contribution in [0.1, 0.15) is 0 Å². The summed E-state index contributed by atoms with van der Waals surface area (Å²) < 4.78 is 37.3. The number of hydrogen-bond donors (Lipinski definition) is 1. The van der Waals surface area contributed by atoms with Crippen molar-refractivity contribution in [2.24, 2.45) is 0 Å². The fourth-order valence-electron chi connectivity index (χ4n) is 2.22. The summed E-state index contributed by atoms with van der Waals surface area (Å²) in [7, 11) is 0. The molecule has 0 fully saturated rings. The summed E-state index contributed by atoms with van der Waals surface area (Å²) in [6.45, 7) is 0.179. The number of imidazole rings is 1. The van der Waals surface area contributed by atoms with Gasteiger partial charge >= 0.3 is 0 Å². The number of aromatic nitrogens is 2. The largest absolute Gasteiger partial charge is 0.454 e. The third-order valence-corrected chi connectivity index (χ3v) is 3.15. The van der Waals surface area contributed by atoms with Gasteiger partial charge in [0.25, 0.3) is 0 Å². The van der Waals surface area contributed by atoms with E-state index in [1.165, 1.54) is 6.07 Å². The predicted octanol–water partition coefficient (Wildman–Crippen LogP) is 3.24. The van der Waals surface area contributed by atoms with Crippen molar-refractivity contribution in [1.29, 1.82) is 0 Å². The van der Waals surface area contributed by atoms with E-state index in [1.807, 2.05) is 0 Å². The number of rotatable bonds is 1. The first-order valence-electron chi connectivity index (χ1n) is 5.95. The van der Waals surface area contributed by atoms with Gasteiger partial charge in [-0.05, 0) is 24.3 Å². The molecule has 0 bridgehead atoms. The molecule has 100 valence electrons. The molecule has 0 radical (unpaired) electrons. The minimum absolute atomic E-state index is 0.110. The van der Waals surface area contributed by atoms with Crippen LogP contribution in [-0.2, 0) is 0 Å². The van der Waals surface area contributed by atoms with E-state index in [2.05, 4.69) is 9.97 Å². The second-order valence-corrected chi connectivity index (χ2v) is 4.44. The summed E-state index contributed by atoms with van der Waals surface area (Å²) in [6.07, 6.45) is 0. The lowest BCUT2D eigenvalue weighted by Gasteiger charge is -1.99. The summed E-state index contributed by atoms with van der Waals surface area (Å²) in [5, 5.41) is 0. The summed E-state index contributed by atoms with van der Waals surface area (Å²) in [6, 6.07) is 7.30. The van der Waals surface area contributed by atoms with Gasteiger partial charge in [-0.15, -0.1) is 0 Å². The molecule has 0 atom stereocenters. The van der Waals surface area contributed by atoms with Crippen LogP contribution in [-0.4, -0.2) is 16.8 Å². The quantitative estimate of drug-likeness (QED) is 0.741. The van der Waals surface area contributed by atoms with E-state index < -0.39 is 11.6 Å². The van der Waals surface area contributed by atoms with Crippen molar-refractivity contribution in [3.8, 4) is 22.9 Å². The number of nitrogens with zero attached hydrogens (tertiary/aromatic N) is 1. The van der Waals surface area contributed by atoms with Crippen LogP contribution in [0, 0.1) is 11.6 Å². The standard InChI is InChI=1S/C14H8F2N2O2/c15-8-4-9(16)13-10(5-8)17-14(18-13)7-1-2-11-12(3-7)20-6-19-11/h1-5H,6H2,(H,17,18). The van der Waals surface area contributed by atoms with Gasteiger partial charge in [-0.25, -0.2) is 13.8 Å². The Balaban J connectivity index is 1.88. The van der Waals surface area contributed by atoms with Crippen LogP contribution in [0.15, 0.2) is 30.3 Å². The molecule has 1 N–H and O–H groups in total. The van der Waals surface area contributed by atoms with Gasteiger partial charge < -0.3 is 14.5 Å². The molecule has 1 aliphatic heterocycles. The maximum atomic E-state index is 13.6. The predicted molar refractivity (Wildman–Crippen MR) is 67.6 cm³/mol. The van der Waals surface area contributed by atoms with Crippen molar-refractivity contribution in [3.63, 3.8) is 0 Å². The van der Waals surface area contributed by atoms with Gasteiger partial charge in [-0.1, -0.05) is 0 Å². The van der Waals surface area contributed by atoms with Gasteiger partial charge in [0.2, 0.25) is 6.79 Å². The Labute approximate surface area is 112 Å². The molecule has 2 aromatic carbocycles. The molecule has 2 heterocycles. The van der Waals surface area contributed by atoms with E-state index in [1.54, 1.807) is 18.2 Å². The highest BCUT2D eigenvalue weighted by atomic mass is 19.1. The molecule has 3 aromatic rings. The molecule has 0 unspecified atom stereocenters. The van der Waals surface area contributed by atoms with Crippen LogP contribution in [0.2, 0.25) is 0 Å². The summed E-state index contributed by atoms with van der Waals surface area (Å²) in [4.78, 5) is 7.05. The molecule has 0 amide bonds. The normalized spacial score (nSPS) is 13.1. The van der Waals surface area contributed by atoms with E-state index >= 15 is 0 Å². The zero-order valence-corrected chi connectivity index (χ0v) is 10.1. The minimum atomic E-state index is -0.691. The van der Waals surface area contributed by atoms with Gasteiger partial charge in [0.1, 0.15) is 17.2 Å². The number of benzene rings is 2. The number of nitrogens with one attached hydrogen (secondary N) is 1. The van der Waals surface area contributed by atoms with Crippen molar-refractivity contribution in [3.05, 3.63) is 42.0 Å². The first kappa shape index (κ1) is 11.2. The van der Waals surface area contributed by atoms with Crippen molar-refractivity contribution in [2.45, 2.75) is 0 Å². The third-order valence-electron chi connectivity index (χ3n) is 3.15. The highest BCUT2D eigenvalue weighted by Gasteiger charge is 2.16. The maximum absolute atomic E-state index is 13.6. The molecule has 1 aromatic heterocycles. The SMILES string of the molecule is Fc1cc(F)c2nc(-c3ccc4c(c3)OCO4)[nH]c2c1. The number of hydrogen-bond acceptors (Lipinski definition) is 3. The number of aromatic amines is 1. The third kappa shape index (κ3) is 1.61. The lowest BCUT2D eigenvalue weighted by Crippen LogP contribution is -1.92. The molecule has 0 saturated heterocycles. The molecular formula is C14H8F2N2O2. The van der Waals surface area contributed by atoms with Gasteiger partial charge in [0.05, 0.1) is 5.52 Å². The molecule has 0 spiro atoms. The van der Waals surface area contributed by atoms with Gasteiger partial charge in [-0.2, -0.15) is 0 Å². The molecular weight excluding hydrogens is 266 g/mol. The summed E-state index contributed by atoms with van der Waals surface area (Å²) in [5.41, 5.74) is 1.14. The average Bonchev–Trinajstić information content (AvgIpc) is 3.03. The van der Waals surface area contributed by atoms with Crippen LogP contribution >= 0.6 is 0 Å². The fourth-order valence-corrected chi connectivity index (χ4v) is 2.22. The number of ether oxygens (including phenoxy) is 2. The van der Waals surface area contributed by atoms with Crippen LogP contribution in [0.25, 0.3) is 22.4 Å². The lowest BCUT2D eigenvalue weighted by molar-refractivity contribution is 0.174. The second-order valence-electron chi connectivity index (χ2n) is 4.44. The van der Waals surface area contributed by atoms with E-state index in [0.29, 0.717) is 28.4 Å². The van der Waals surface area contributed by atoms with Gasteiger partial charge in [0, 0.05) is 11.6 Å². The van der Waals surface area contributed by atoms with E-state index in [0.717, 1.165) is 6.07 Å². The van der Waals surface area contributed by atoms with Crippen molar-refractivity contribution >= 4 is 11.0 Å².